The Hall–Kier alpha value is -3.28. The molecule has 2 fully saturated rings. The molecule has 192 valence electrons. The average Bonchev–Trinajstić information content (AvgIpc) is 3.16. The van der Waals surface area contributed by atoms with Gasteiger partial charge in [-0.05, 0) is 19.1 Å². The van der Waals surface area contributed by atoms with E-state index in [0.29, 0.717) is 43.5 Å². The van der Waals surface area contributed by atoms with E-state index in [1.54, 1.807) is 10.9 Å². The zero-order valence-corrected chi connectivity index (χ0v) is 20.7. The van der Waals surface area contributed by atoms with Crippen LogP contribution >= 0.6 is 12.4 Å². The highest BCUT2D eigenvalue weighted by molar-refractivity contribution is 5.85. The van der Waals surface area contributed by atoms with E-state index in [1.807, 2.05) is 28.9 Å². The van der Waals surface area contributed by atoms with Gasteiger partial charge in [0, 0.05) is 69.2 Å². The van der Waals surface area contributed by atoms with Crippen molar-refractivity contribution in [3.05, 3.63) is 59.4 Å². The number of nitrogens with zero attached hydrogens (tertiary/aromatic N) is 7. The van der Waals surface area contributed by atoms with Gasteiger partial charge in [0.05, 0.1) is 18.0 Å². The first-order valence-electron chi connectivity index (χ1n) is 11.6. The lowest BCUT2D eigenvalue weighted by Gasteiger charge is -2.36. The number of aromatic nitrogens is 4. The summed E-state index contributed by atoms with van der Waals surface area (Å²) in [6, 6.07) is 5.46. The van der Waals surface area contributed by atoms with Crippen molar-refractivity contribution in [2.45, 2.75) is 13.0 Å². The van der Waals surface area contributed by atoms with Crippen LogP contribution in [0.4, 0.5) is 26.2 Å². The molecule has 0 saturated carbocycles. The van der Waals surface area contributed by atoms with Crippen LogP contribution in [0.25, 0.3) is 11.9 Å². The van der Waals surface area contributed by atoms with E-state index in [9.17, 15) is 13.9 Å². The molecule has 0 bridgehead atoms. The second-order valence-electron chi connectivity index (χ2n) is 8.92. The lowest BCUT2D eigenvalue weighted by molar-refractivity contribution is 0.141. The predicted octanol–water partition coefficient (Wildman–Crippen LogP) is 2.27. The summed E-state index contributed by atoms with van der Waals surface area (Å²) in [7, 11) is 0. The number of nitrogen functional groups attached to an aromatic ring is 1. The number of piperazine rings is 1. The summed E-state index contributed by atoms with van der Waals surface area (Å²) in [6.07, 6.45) is 5.57. The SMILES string of the molecule is Cc1c(/C=C/CN2CCN(c3cc(F)cc(F)c3)CC2)cnn1-c1cc(N2CC(O)C2)nc(N)n1.Cl. The number of halogens is 3. The first-order chi connectivity index (χ1) is 16.9. The molecule has 2 aromatic heterocycles. The van der Waals surface area contributed by atoms with E-state index in [-0.39, 0.29) is 24.5 Å². The van der Waals surface area contributed by atoms with Crippen LogP contribution < -0.4 is 15.5 Å². The number of aliphatic hydroxyl groups is 1. The van der Waals surface area contributed by atoms with Crippen molar-refractivity contribution in [1.29, 1.82) is 0 Å². The average molecular weight is 519 g/mol. The van der Waals surface area contributed by atoms with E-state index in [4.69, 9.17) is 5.73 Å². The first kappa shape index (κ1) is 25.8. The molecule has 9 nitrogen and oxygen atoms in total. The fraction of sp³-hybridized carbons (Fsp3) is 0.375. The van der Waals surface area contributed by atoms with Gasteiger partial charge in [0.25, 0.3) is 0 Å². The highest BCUT2D eigenvalue weighted by atomic mass is 35.5. The molecule has 0 unspecified atom stereocenters. The normalized spacial score (nSPS) is 16.9. The Balaban J connectivity index is 0.00000304. The molecular weight excluding hydrogens is 490 g/mol. The zero-order valence-electron chi connectivity index (χ0n) is 19.9. The molecule has 0 amide bonds. The number of hydrogen-bond acceptors (Lipinski definition) is 8. The third kappa shape index (κ3) is 5.58. The molecule has 0 spiro atoms. The maximum atomic E-state index is 13.5. The number of anilines is 3. The second-order valence-corrected chi connectivity index (χ2v) is 8.92. The van der Waals surface area contributed by atoms with E-state index in [0.717, 1.165) is 37.0 Å². The van der Waals surface area contributed by atoms with Crippen molar-refractivity contribution in [3.63, 3.8) is 0 Å². The Bertz CT molecular complexity index is 1220. The Morgan fingerprint density at radius 3 is 2.33 bits per heavy atom. The Kier molecular flexibility index (Phi) is 7.72. The van der Waals surface area contributed by atoms with Crippen LogP contribution in [0.3, 0.4) is 0 Å². The van der Waals surface area contributed by atoms with Gasteiger partial charge >= 0.3 is 0 Å². The van der Waals surface area contributed by atoms with Crippen molar-refractivity contribution < 1.29 is 13.9 Å². The Morgan fingerprint density at radius 1 is 1.00 bits per heavy atom. The largest absolute Gasteiger partial charge is 0.389 e. The molecule has 12 heteroatoms. The van der Waals surface area contributed by atoms with Gasteiger partial charge in [0.2, 0.25) is 5.95 Å². The fourth-order valence-electron chi connectivity index (χ4n) is 4.41. The molecule has 0 aliphatic carbocycles. The molecule has 3 N–H and O–H groups in total. The molecule has 3 aromatic rings. The Labute approximate surface area is 214 Å². The first-order valence-corrected chi connectivity index (χ1v) is 11.6. The summed E-state index contributed by atoms with van der Waals surface area (Å²) < 4.78 is 28.8. The Morgan fingerprint density at radius 2 is 1.67 bits per heavy atom. The van der Waals surface area contributed by atoms with Crippen molar-refractivity contribution >= 4 is 35.9 Å². The zero-order chi connectivity index (χ0) is 24.5. The minimum absolute atomic E-state index is 0. The van der Waals surface area contributed by atoms with Crippen molar-refractivity contribution in [2.24, 2.45) is 0 Å². The van der Waals surface area contributed by atoms with Gasteiger partial charge in [-0.3, -0.25) is 4.90 Å². The second kappa shape index (κ2) is 10.8. The maximum absolute atomic E-state index is 13.5. The molecule has 36 heavy (non-hydrogen) atoms. The number of hydrogen-bond donors (Lipinski definition) is 2. The van der Waals surface area contributed by atoms with E-state index in [1.165, 1.54) is 12.1 Å². The van der Waals surface area contributed by atoms with Crippen LogP contribution in [-0.2, 0) is 0 Å². The molecule has 4 heterocycles. The van der Waals surface area contributed by atoms with Crippen molar-refractivity contribution in [1.82, 2.24) is 24.6 Å². The molecule has 2 aliphatic heterocycles. The van der Waals surface area contributed by atoms with Crippen LogP contribution in [-0.4, -0.2) is 81.7 Å². The summed E-state index contributed by atoms with van der Waals surface area (Å²) in [5, 5.41) is 14.0. The van der Waals surface area contributed by atoms with Gasteiger partial charge < -0.3 is 20.6 Å². The smallest absolute Gasteiger partial charge is 0.224 e. The number of benzene rings is 1. The van der Waals surface area contributed by atoms with Crippen molar-refractivity contribution in [3.8, 4) is 5.82 Å². The molecular formula is C24H29ClF2N8O. The van der Waals surface area contributed by atoms with Crippen molar-refractivity contribution in [2.75, 3.05) is 61.3 Å². The monoisotopic (exact) mass is 518 g/mol. The predicted molar refractivity (Wildman–Crippen MR) is 138 cm³/mol. The van der Waals surface area contributed by atoms with Gasteiger partial charge in [-0.2, -0.15) is 15.1 Å². The van der Waals surface area contributed by atoms with Crippen LogP contribution in [0.2, 0.25) is 0 Å². The van der Waals surface area contributed by atoms with E-state index >= 15 is 0 Å². The fourth-order valence-corrected chi connectivity index (χ4v) is 4.41. The van der Waals surface area contributed by atoms with Gasteiger partial charge in [0.15, 0.2) is 5.82 Å². The highest BCUT2D eigenvalue weighted by Crippen LogP contribution is 2.23. The van der Waals surface area contributed by atoms with Crippen LogP contribution in [0.5, 0.6) is 0 Å². The standard InChI is InChI=1S/C24H28F2N8O.ClH/c1-16-17(13-28-34(16)23-12-22(29-24(27)30-23)33-14-21(35)15-33)3-2-4-31-5-7-32(8-6-31)20-10-18(25)9-19(26)11-20;/h2-3,9-13,21,35H,4-8,14-15H2,1H3,(H2,27,29,30);1H/b3-2+;. The number of β-amino-alcohol motifs (C(OH)–C–C–N with tert-alkyl or cyclic N) is 1. The summed E-state index contributed by atoms with van der Waals surface area (Å²) in [5.41, 5.74) is 8.39. The highest BCUT2D eigenvalue weighted by Gasteiger charge is 2.26. The number of nitrogens with two attached hydrogens (primary N) is 1. The minimum Gasteiger partial charge on any atom is -0.389 e. The number of aliphatic hydroxyl groups excluding tert-OH is 1. The number of rotatable bonds is 6. The lowest BCUT2D eigenvalue weighted by Crippen LogP contribution is -2.51. The molecule has 0 radical (unpaired) electrons. The quantitative estimate of drug-likeness (QED) is 0.513. The summed E-state index contributed by atoms with van der Waals surface area (Å²) in [4.78, 5) is 14.8. The van der Waals surface area contributed by atoms with E-state index in [2.05, 4.69) is 26.0 Å². The third-order valence-corrected chi connectivity index (χ3v) is 6.41. The lowest BCUT2D eigenvalue weighted by atomic mass is 10.2. The van der Waals surface area contributed by atoms with Crippen LogP contribution in [0.15, 0.2) is 36.5 Å². The molecule has 1 aromatic carbocycles. The molecule has 2 aliphatic rings. The molecule has 0 atom stereocenters. The van der Waals surface area contributed by atoms with Gasteiger partial charge in [-0.1, -0.05) is 12.2 Å². The minimum atomic E-state index is -0.554. The van der Waals surface area contributed by atoms with Gasteiger partial charge in [0.1, 0.15) is 17.5 Å². The summed E-state index contributed by atoms with van der Waals surface area (Å²) >= 11 is 0. The van der Waals surface area contributed by atoms with E-state index < -0.39 is 11.6 Å². The molecule has 5 rings (SSSR count). The van der Waals surface area contributed by atoms with Gasteiger partial charge in [-0.25, -0.2) is 13.5 Å². The van der Waals surface area contributed by atoms with Crippen LogP contribution in [0, 0.1) is 18.6 Å². The maximum Gasteiger partial charge on any atom is 0.224 e. The van der Waals surface area contributed by atoms with Gasteiger partial charge in [-0.15, -0.1) is 12.4 Å². The summed E-state index contributed by atoms with van der Waals surface area (Å²) in [6.45, 7) is 6.79. The third-order valence-electron chi connectivity index (χ3n) is 6.41. The topological polar surface area (TPSA) is 99.6 Å². The van der Waals surface area contributed by atoms with Crippen LogP contribution in [0.1, 0.15) is 11.3 Å². The molecule has 2 saturated heterocycles. The summed E-state index contributed by atoms with van der Waals surface area (Å²) in [5.74, 6) is 0.301.